The number of amides is 1. The third-order valence-electron chi connectivity index (χ3n) is 4.29. The quantitative estimate of drug-likeness (QED) is 0.390. The number of rotatable bonds is 6. The van der Waals surface area contributed by atoms with E-state index in [2.05, 4.69) is 20.6 Å². The van der Waals surface area contributed by atoms with E-state index >= 15 is 0 Å². The first kappa shape index (κ1) is 19.4. The van der Waals surface area contributed by atoms with Gasteiger partial charge in [-0.3, -0.25) is 4.79 Å². The molecule has 1 amide bonds. The number of ether oxygens (including phenoxy) is 1. The van der Waals surface area contributed by atoms with E-state index in [0.717, 1.165) is 11.3 Å². The van der Waals surface area contributed by atoms with Gasteiger partial charge in [-0.05, 0) is 53.9 Å². The third kappa shape index (κ3) is 4.39. The maximum atomic E-state index is 12.5. The van der Waals surface area contributed by atoms with Crippen LogP contribution < -0.4 is 21.1 Å². The van der Waals surface area contributed by atoms with Crippen molar-refractivity contribution in [1.29, 1.82) is 0 Å². The van der Waals surface area contributed by atoms with Crippen molar-refractivity contribution in [3.63, 3.8) is 0 Å². The van der Waals surface area contributed by atoms with Crippen LogP contribution in [0.4, 0.5) is 23.0 Å². The van der Waals surface area contributed by atoms with Gasteiger partial charge in [0.25, 0.3) is 5.91 Å². The molecule has 4 N–H and O–H groups in total. The van der Waals surface area contributed by atoms with Gasteiger partial charge in [-0.1, -0.05) is 12.1 Å². The molecule has 0 atom stereocenters. The van der Waals surface area contributed by atoms with Gasteiger partial charge in [0.2, 0.25) is 5.95 Å². The maximum Gasteiger partial charge on any atom is 0.265 e. The van der Waals surface area contributed by atoms with Crippen LogP contribution in [0.25, 0.3) is 11.3 Å². The Kier molecular flexibility index (Phi) is 5.58. The van der Waals surface area contributed by atoms with Gasteiger partial charge in [-0.15, -0.1) is 11.3 Å². The van der Waals surface area contributed by atoms with Gasteiger partial charge in [0.05, 0.1) is 23.4 Å². The molecule has 0 aliphatic carbocycles. The first-order chi connectivity index (χ1) is 14.6. The minimum Gasteiger partial charge on any atom is -0.495 e. The van der Waals surface area contributed by atoms with E-state index < -0.39 is 0 Å². The molecule has 2 aromatic carbocycles. The van der Waals surface area contributed by atoms with Crippen LogP contribution in [0.3, 0.4) is 0 Å². The topological polar surface area (TPSA) is 102 Å². The highest BCUT2D eigenvalue weighted by molar-refractivity contribution is 7.12. The molecule has 8 heteroatoms. The molecule has 0 saturated heterocycles. The number of carbonyl (C=O) groups is 1. The average Bonchev–Trinajstić information content (AvgIpc) is 3.29. The molecule has 4 rings (SSSR count). The van der Waals surface area contributed by atoms with Crippen LogP contribution in [-0.2, 0) is 0 Å². The first-order valence-electron chi connectivity index (χ1n) is 9.11. The van der Waals surface area contributed by atoms with Crippen molar-refractivity contribution in [2.45, 2.75) is 0 Å². The molecule has 7 nitrogen and oxygen atoms in total. The number of anilines is 4. The Bertz CT molecular complexity index is 1180. The van der Waals surface area contributed by atoms with E-state index in [0.29, 0.717) is 33.6 Å². The van der Waals surface area contributed by atoms with Gasteiger partial charge in [-0.25, -0.2) is 9.97 Å². The lowest BCUT2D eigenvalue weighted by Gasteiger charge is -2.12. The van der Waals surface area contributed by atoms with Gasteiger partial charge in [0, 0.05) is 23.1 Å². The number of nitrogen functional groups attached to an aromatic ring is 1. The second kappa shape index (κ2) is 8.62. The zero-order chi connectivity index (χ0) is 20.9. The highest BCUT2D eigenvalue weighted by Crippen LogP contribution is 2.31. The molecule has 30 heavy (non-hydrogen) atoms. The number of carbonyl (C=O) groups excluding carboxylic acids is 1. The van der Waals surface area contributed by atoms with E-state index in [1.807, 2.05) is 47.8 Å². The summed E-state index contributed by atoms with van der Waals surface area (Å²) in [7, 11) is 1.56. The summed E-state index contributed by atoms with van der Waals surface area (Å²) in [6.45, 7) is 0. The van der Waals surface area contributed by atoms with E-state index in [4.69, 9.17) is 10.5 Å². The summed E-state index contributed by atoms with van der Waals surface area (Å²) < 4.78 is 5.40. The number of nitrogens with two attached hydrogens (primary N) is 1. The summed E-state index contributed by atoms with van der Waals surface area (Å²) in [4.78, 5) is 21.9. The third-order valence-corrected chi connectivity index (χ3v) is 5.16. The second-order valence-corrected chi connectivity index (χ2v) is 7.31. The number of aromatic nitrogens is 2. The predicted octanol–water partition coefficient (Wildman–Crippen LogP) is 4.79. The van der Waals surface area contributed by atoms with Crippen molar-refractivity contribution < 1.29 is 9.53 Å². The van der Waals surface area contributed by atoms with Gasteiger partial charge >= 0.3 is 0 Å². The van der Waals surface area contributed by atoms with Crippen molar-refractivity contribution >= 4 is 40.3 Å². The molecule has 0 aliphatic rings. The van der Waals surface area contributed by atoms with Crippen molar-refractivity contribution in [3.05, 3.63) is 77.1 Å². The van der Waals surface area contributed by atoms with Crippen LogP contribution in [-0.4, -0.2) is 23.0 Å². The average molecular weight is 417 g/mol. The monoisotopic (exact) mass is 417 g/mol. The molecular formula is C22H19N5O2S. The molecule has 0 aliphatic heterocycles. The molecule has 0 saturated carbocycles. The number of hydrogen-bond acceptors (Lipinski definition) is 7. The number of benzene rings is 2. The Hall–Kier alpha value is -3.91. The van der Waals surface area contributed by atoms with E-state index in [-0.39, 0.29) is 5.91 Å². The Morgan fingerprint density at radius 3 is 2.77 bits per heavy atom. The number of hydrogen-bond donors (Lipinski definition) is 3. The van der Waals surface area contributed by atoms with E-state index in [1.165, 1.54) is 11.3 Å². The summed E-state index contributed by atoms with van der Waals surface area (Å²) in [5.41, 5.74) is 9.35. The molecule has 2 heterocycles. The van der Waals surface area contributed by atoms with Crippen LogP contribution >= 0.6 is 11.3 Å². The van der Waals surface area contributed by atoms with Crippen molar-refractivity contribution in [3.8, 4) is 17.0 Å². The van der Waals surface area contributed by atoms with Gasteiger partial charge < -0.3 is 21.1 Å². The molecule has 0 unspecified atom stereocenters. The number of thiophene rings is 1. The second-order valence-electron chi connectivity index (χ2n) is 6.36. The maximum absolute atomic E-state index is 12.5. The zero-order valence-corrected chi connectivity index (χ0v) is 16.9. The normalized spacial score (nSPS) is 10.4. The fraction of sp³-hybridized carbons (Fsp3) is 0.0455. The fourth-order valence-electron chi connectivity index (χ4n) is 2.88. The van der Waals surface area contributed by atoms with E-state index in [1.54, 1.807) is 31.5 Å². The van der Waals surface area contributed by atoms with Crippen molar-refractivity contribution in [1.82, 2.24) is 9.97 Å². The number of methoxy groups -OCH3 is 1. The van der Waals surface area contributed by atoms with Crippen LogP contribution in [0.2, 0.25) is 0 Å². The Morgan fingerprint density at radius 2 is 2.00 bits per heavy atom. The summed E-state index contributed by atoms with van der Waals surface area (Å²) in [6, 6.07) is 18.3. The molecule has 0 radical (unpaired) electrons. The lowest BCUT2D eigenvalue weighted by molar-refractivity contribution is 0.103. The van der Waals surface area contributed by atoms with E-state index in [9.17, 15) is 4.79 Å². The van der Waals surface area contributed by atoms with Crippen LogP contribution in [0.5, 0.6) is 5.75 Å². The van der Waals surface area contributed by atoms with Crippen molar-refractivity contribution in [2.75, 3.05) is 23.5 Å². The predicted molar refractivity (Wildman–Crippen MR) is 120 cm³/mol. The fourth-order valence-corrected chi connectivity index (χ4v) is 3.50. The first-order valence-corrected chi connectivity index (χ1v) is 9.99. The molecular weight excluding hydrogens is 398 g/mol. The lowest BCUT2D eigenvalue weighted by atomic mass is 10.1. The Morgan fingerprint density at radius 1 is 1.10 bits per heavy atom. The Labute approximate surface area is 177 Å². The molecule has 0 spiro atoms. The summed E-state index contributed by atoms with van der Waals surface area (Å²) >= 11 is 1.38. The molecule has 0 bridgehead atoms. The summed E-state index contributed by atoms with van der Waals surface area (Å²) in [5.74, 6) is 0.820. The van der Waals surface area contributed by atoms with Crippen LogP contribution in [0.1, 0.15) is 9.67 Å². The summed E-state index contributed by atoms with van der Waals surface area (Å²) in [6.07, 6.45) is 1.67. The minimum atomic E-state index is -0.188. The molecule has 150 valence electrons. The Balaban J connectivity index is 1.61. The highest BCUT2D eigenvalue weighted by Gasteiger charge is 2.13. The lowest BCUT2D eigenvalue weighted by Crippen LogP contribution is -2.11. The van der Waals surface area contributed by atoms with Gasteiger partial charge in [-0.2, -0.15) is 0 Å². The van der Waals surface area contributed by atoms with Gasteiger partial charge in [0.1, 0.15) is 5.75 Å². The van der Waals surface area contributed by atoms with Gasteiger partial charge in [0.15, 0.2) is 0 Å². The largest absolute Gasteiger partial charge is 0.495 e. The highest BCUT2D eigenvalue weighted by atomic mass is 32.1. The smallest absolute Gasteiger partial charge is 0.265 e. The molecule has 4 aromatic rings. The van der Waals surface area contributed by atoms with Crippen molar-refractivity contribution in [2.24, 2.45) is 0 Å². The standard InChI is InChI=1S/C22H19N5O2S/c1-29-19-8-7-14(12-18(19)26-21(28)20-6-3-11-30-20)17-9-10-24-22(27-17)25-16-5-2-4-15(23)13-16/h2-13H,23H2,1H3,(H,26,28)(H,24,25,27). The van der Waals surface area contributed by atoms with Crippen LogP contribution in [0, 0.1) is 0 Å². The molecule has 0 fully saturated rings. The SMILES string of the molecule is COc1ccc(-c2ccnc(Nc3cccc(N)c3)n2)cc1NC(=O)c1cccs1. The van der Waals surface area contributed by atoms with Crippen LogP contribution in [0.15, 0.2) is 72.2 Å². The number of nitrogens with zero attached hydrogens (tertiary/aromatic N) is 2. The minimum absolute atomic E-state index is 0.188. The zero-order valence-electron chi connectivity index (χ0n) is 16.1. The summed E-state index contributed by atoms with van der Waals surface area (Å²) in [5, 5.41) is 7.92. The molecule has 2 aromatic heterocycles. The number of nitrogens with one attached hydrogen (secondary N) is 2.